The van der Waals surface area contributed by atoms with Crippen LogP contribution in [0.4, 0.5) is 10.1 Å². The van der Waals surface area contributed by atoms with Crippen molar-refractivity contribution in [1.82, 2.24) is 4.90 Å². The Balaban J connectivity index is 2.75. The molecule has 0 heterocycles. The largest absolute Gasteiger partial charge is 0.490 e. The summed E-state index contributed by atoms with van der Waals surface area (Å²) in [5, 5.41) is 0. The number of ether oxygens (including phenoxy) is 2. The standard InChI is InChI=1S/C13H19FN2O3/c1-16(2)5-4-6-19-12-7-9(13(17)18-3)11(15)8-10(12)14/h7-8H,4-6,15H2,1-3H3. The van der Waals surface area contributed by atoms with Gasteiger partial charge in [0.15, 0.2) is 11.6 Å². The van der Waals surface area contributed by atoms with Crippen molar-refractivity contribution in [1.29, 1.82) is 0 Å². The molecule has 0 aliphatic heterocycles. The van der Waals surface area contributed by atoms with Gasteiger partial charge in [-0.05, 0) is 26.6 Å². The molecule has 0 fully saturated rings. The Labute approximate surface area is 112 Å². The Morgan fingerprint density at radius 3 is 2.68 bits per heavy atom. The number of carbonyl (C=O) groups excluding carboxylic acids is 1. The summed E-state index contributed by atoms with van der Waals surface area (Å²) in [6.07, 6.45) is 0.754. The van der Waals surface area contributed by atoms with Crippen LogP contribution in [-0.2, 0) is 4.74 Å². The predicted octanol–water partition coefficient (Wildman–Crippen LogP) is 1.52. The quantitative estimate of drug-likeness (QED) is 0.482. The maximum Gasteiger partial charge on any atom is 0.340 e. The normalized spacial score (nSPS) is 10.6. The molecule has 0 saturated carbocycles. The minimum atomic E-state index is -0.615. The summed E-state index contributed by atoms with van der Waals surface area (Å²) in [6.45, 7) is 1.19. The average Bonchev–Trinajstić information content (AvgIpc) is 2.35. The van der Waals surface area contributed by atoms with E-state index in [9.17, 15) is 9.18 Å². The van der Waals surface area contributed by atoms with Crippen molar-refractivity contribution in [3.8, 4) is 5.75 Å². The number of methoxy groups -OCH3 is 1. The Morgan fingerprint density at radius 2 is 2.11 bits per heavy atom. The Morgan fingerprint density at radius 1 is 1.42 bits per heavy atom. The van der Waals surface area contributed by atoms with E-state index < -0.39 is 11.8 Å². The molecule has 1 aromatic rings. The van der Waals surface area contributed by atoms with Gasteiger partial charge in [0.2, 0.25) is 0 Å². The fourth-order valence-electron chi connectivity index (χ4n) is 1.53. The third-order valence-electron chi connectivity index (χ3n) is 2.52. The van der Waals surface area contributed by atoms with Crippen molar-refractivity contribution in [3.63, 3.8) is 0 Å². The third kappa shape index (κ3) is 4.40. The summed E-state index contributed by atoms with van der Waals surface area (Å²) in [4.78, 5) is 13.4. The van der Waals surface area contributed by atoms with Crippen molar-refractivity contribution in [2.45, 2.75) is 6.42 Å². The van der Waals surface area contributed by atoms with Crippen LogP contribution in [0.3, 0.4) is 0 Å². The maximum atomic E-state index is 13.6. The molecule has 0 bridgehead atoms. The molecule has 1 aromatic carbocycles. The highest BCUT2D eigenvalue weighted by Crippen LogP contribution is 2.24. The molecule has 0 atom stereocenters. The van der Waals surface area contributed by atoms with E-state index in [2.05, 4.69) is 4.74 Å². The molecule has 1 rings (SSSR count). The molecule has 2 N–H and O–H groups in total. The molecule has 106 valence electrons. The summed E-state index contributed by atoms with van der Waals surface area (Å²) >= 11 is 0. The van der Waals surface area contributed by atoms with Crippen LogP contribution in [0.2, 0.25) is 0 Å². The number of hydrogen-bond acceptors (Lipinski definition) is 5. The molecule has 5 nitrogen and oxygen atoms in total. The first-order valence-electron chi connectivity index (χ1n) is 5.90. The molecule has 6 heteroatoms. The minimum absolute atomic E-state index is 0.00774. The van der Waals surface area contributed by atoms with E-state index in [0.717, 1.165) is 19.0 Å². The minimum Gasteiger partial charge on any atom is -0.490 e. The van der Waals surface area contributed by atoms with Crippen LogP contribution in [0.5, 0.6) is 5.75 Å². The van der Waals surface area contributed by atoms with Crippen molar-refractivity contribution in [2.24, 2.45) is 0 Å². The van der Waals surface area contributed by atoms with E-state index in [4.69, 9.17) is 10.5 Å². The lowest BCUT2D eigenvalue weighted by molar-refractivity contribution is 0.0601. The molecule has 0 aliphatic carbocycles. The monoisotopic (exact) mass is 270 g/mol. The van der Waals surface area contributed by atoms with Crippen molar-refractivity contribution in [3.05, 3.63) is 23.5 Å². The second-order valence-corrected chi connectivity index (χ2v) is 4.37. The van der Waals surface area contributed by atoms with Crippen LogP contribution in [0.1, 0.15) is 16.8 Å². The zero-order valence-corrected chi connectivity index (χ0v) is 11.4. The zero-order valence-electron chi connectivity index (χ0n) is 11.4. The SMILES string of the molecule is COC(=O)c1cc(OCCCN(C)C)c(F)cc1N. The molecular weight excluding hydrogens is 251 g/mol. The van der Waals surface area contributed by atoms with Crippen molar-refractivity contribution < 1.29 is 18.7 Å². The van der Waals surface area contributed by atoms with E-state index in [1.807, 2.05) is 19.0 Å². The lowest BCUT2D eigenvalue weighted by Crippen LogP contribution is -2.16. The highest BCUT2D eigenvalue weighted by Gasteiger charge is 2.15. The van der Waals surface area contributed by atoms with Crippen molar-refractivity contribution >= 4 is 11.7 Å². The lowest BCUT2D eigenvalue weighted by Gasteiger charge is -2.12. The van der Waals surface area contributed by atoms with Gasteiger partial charge >= 0.3 is 5.97 Å². The van der Waals surface area contributed by atoms with Gasteiger partial charge in [0.1, 0.15) is 0 Å². The van der Waals surface area contributed by atoms with Gasteiger partial charge in [0, 0.05) is 18.3 Å². The highest BCUT2D eigenvalue weighted by molar-refractivity contribution is 5.95. The summed E-state index contributed by atoms with van der Waals surface area (Å²) in [5.41, 5.74) is 5.69. The maximum absolute atomic E-state index is 13.6. The van der Waals surface area contributed by atoms with Crippen LogP contribution < -0.4 is 10.5 Å². The fourth-order valence-corrected chi connectivity index (χ4v) is 1.53. The molecular formula is C13H19FN2O3. The van der Waals surface area contributed by atoms with Crippen LogP contribution in [0.15, 0.2) is 12.1 Å². The van der Waals surface area contributed by atoms with Gasteiger partial charge in [-0.15, -0.1) is 0 Å². The molecule has 19 heavy (non-hydrogen) atoms. The number of anilines is 1. The first-order valence-corrected chi connectivity index (χ1v) is 5.90. The van der Waals surface area contributed by atoms with E-state index in [1.165, 1.54) is 13.2 Å². The van der Waals surface area contributed by atoms with Gasteiger partial charge in [0.25, 0.3) is 0 Å². The first-order chi connectivity index (χ1) is 8.95. The van der Waals surface area contributed by atoms with Gasteiger partial charge in [-0.1, -0.05) is 0 Å². The molecule has 0 spiro atoms. The van der Waals surface area contributed by atoms with E-state index in [0.29, 0.717) is 6.61 Å². The van der Waals surface area contributed by atoms with Gasteiger partial charge in [-0.3, -0.25) is 0 Å². The summed E-state index contributed by atoms with van der Waals surface area (Å²) in [7, 11) is 5.13. The number of benzene rings is 1. The second kappa shape index (κ2) is 6.94. The van der Waals surface area contributed by atoms with E-state index >= 15 is 0 Å². The Bertz CT molecular complexity index is 450. The summed E-state index contributed by atoms with van der Waals surface area (Å²) in [6, 6.07) is 2.33. The van der Waals surface area contributed by atoms with Crippen LogP contribution in [0, 0.1) is 5.82 Å². The molecule has 0 aromatic heterocycles. The number of nitrogens with zero attached hydrogens (tertiary/aromatic N) is 1. The van der Waals surface area contributed by atoms with Gasteiger partial charge < -0.3 is 20.1 Å². The second-order valence-electron chi connectivity index (χ2n) is 4.37. The lowest BCUT2D eigenvalue weighted by atomic mass is 10.1. The number of nitrogens with two attached hydrogens (primary N) is 1. The van der Waals surface area contributed by atoms with Crippen LogP contribution in [0.25, 0.3) is 0 Å². The molecule has 0 unspecified atom stereocenters. The number of halogens is 1. The molecule has 0 aliphatic rings. The van der Waals surface area contributed by atoms with Crippen LogP contribution in [-0.4, -0.2) is 45.2 Å². The molecule has 0 radical (unpaired) electrons. The zero-order chi connectivity index (χ0) is 14.4. The highest BCUT2D eigenvalue weighted by atomic mass is 19.1. The molecule has 0 amide bonds. The molecule has 0 saturated heterocycles. The third-order valence-corrected chi connectivity index (χ3v) is 2.52. The summed E-state index contributed by atoms with van der Waals surface area (Å²) < 4.78 is 23.5. The average molecular weight is 270 g/mol. The van der Waals surface area contributed by atoms with Crippen molar-refractivity contribution in [2.75, 3.05) is 40.1 Å². The number of rotatable bonds is 6. The first kappa shape index (κ1) is 15.2. The number of esters is 1. The van der Waals surface area contributed by atoms with E-state index in [-0.39, 0.29) is 17.0 Å². The van der Waals surface area contributed by atoms with Gasteiger partial charge in [-0.25, -0.2) is 9.18 Å². The number of carbonyl (C=O) groups is 1. The van der Waals surface area contributed by atoms with E-state index in [1.54, 1.807) is 0 Å². The number of hydrogen-bond donors (Lipinski definition) is 1. The smallest absolute Gasteiger partial charge is 0.340 e. The van der Waals surface area contributed by atoms with Gasteiger partial charge in [0.05, 0.1) is 19.3 Å². The topological polar surface area (TPSA) is 64.8 Å². The summed E-state index contributed by atoms with van der Waals surface area (Å²) in [5.74, 6) is -1.20. The Kier molecular flexibility index (Phi) is 5.57. The van der Waals surface area contributed by atoms with Crippen LogP contribution >= 0.6 is 0 Å². The Hall–Kier alpha value is -1.82. The fraction of sp³-hybridized carbons (Fsp3) is 0.462. The number of nitrogen functional groups attached to an aromatic ring is 1. The van der Waals surface area contributed by atoms with Gasteiger partial charge in [-0.2, -0.15) is 0 Å². The predicted molar refractivity (Wildman–Crippen MR) is 70.8 cm³/mol.